The first-order chi connectivity index (χ1) is 19.9. The van der Waals surface area contributed by atoms with E-state index in [1.54, 1.807) is 11.8 Å². The third-order valence-corrected chi connectivity index (χ3v) is 7.30. The zero-order chi connectivity index (χ0) is 31.3. The van der Waals surface area contributed by atoms with Gasteiger partial charge in [0.2, 0.25) is 11.8 Å². The van der Waals surface area contributed by atoms with Crippen molar-refractivity contribution < 1.29 is 42.6 Å². The molecule has 1 fully saturated rings. The van der Waals surface area contributed by atoms with E-state index in [0.717, 1.165) is 29.2 Å². The molecular weight excluding hydrogens is 577 g/mol. The number of nitrogens with zero attached hydrogens (tertiary/aromatic N) is 2. The molecule has 2 aromatic rings. The molecule has 232 valence electrons. The highest BCUT2D eigenvalue weighted by Crippen LogP contribution is 2.23. The first kappa shape index (κ1) is 34.8. The topological polar surface area (TPSA) is 153 Å². The summed E-state index contributed by atoms with van der Waals surface area (Å²) in [5.74, 6) is -3.41. The first-order valence-corrected chi connectivity index (χ1v) is 14.8. The van der Waals surface area contributed by atoms with Crippen LogP contribution in [-0.4, -0.2) is 100 Å². The van der Waals surface area contributed by atoms with Gasteiger partial charge in [0, 0.05) is 38.6 Å². The molecule has 1 aliphatic rings. The SMILES string of the molecule is CSCC[C@H](NC(=O)CN(Cc1cccc2ccccc12)C[C@@H]1CCCN1C(=O)CCN)C(=O)O.O=C(O)C(F)(F)F. The van der Waals surface area contributed by atoms with Gasteiger partial charge in [-0.25, -0.2) is 9.59 Å². The van der Waals surface area contributed by atoms with Gasteiger partial charge >= 0.3 is 18.1 Å². The Hall–Kier alpha value is -3.36. The second kappa shape index (κ2) is 16.9. The number of carbonyl (C=O) groups excluding carboxylic acids is 2. The zero-order valence-electron chi connectivity index (χ0n) is 23.3. The summed E-state index contributed by atoms with van der Waals surface area (Å²) in [7, 11) is 0. The van der Waals surface area contributed by atoms with E-state index in [1.165, 1.54) is 0 Å². The van der Waals surface area contributed by atoms with E-state index < -0.39 is 24.2 Å². The van der Waals surface area contributed by atoms with Crippen LogP contribution in [-0.2, 0) is 25.7 Å². The number of hydrogen-bond donors (Lipinski definition) is 4. The molecule has 0 saturated carbocycles. The fourth-order valence-electron chi connectivity index (χ4n) is 4.71. The number of hydrogen-bond acceptors (Lipinski definition) is 7. The van der Waals surface area contributed by atoms with Crippen LogP contribution in [0.25, 0.3) is 10.8 Å². The van der Waals surface area contributed by atoms with Crippen LogP contribution in [0.5, 0.6) is 0 Å². The number of aliphatic carboxylic acids is 2. The largest absolute Gasteiger partial charge is 0.490 e. The van der Waals surface area contributed by atoms with Crippen molar-refractivity contribution in [2.45, 2.75) is 50.5 Å². The van der Waals surface area contributed by atoms with Crippen molar-refractivity contribution in [1.29, 1.82) is 0 Å². The Morgan fingerprint density at radius 3 is 2.43 bits per heavy atom. The number of fused-ring (bicyclic) bond motifs is 1. The number of amides is 2. The monoisotopic (exact) mass is 614 g/mol. The summed E-state index contributed by atoms with van der Waals surface area (Å²) in [6, 6.07) is 13.3. The average Bonchev–Trinajstić information content (AvgIpc) is 3.39. The molecule has 0 spiro atoms. The average molecular weight is 615 g/mol. The molecular formula is C28H37F3N4O6S. The Morgan fingerprint density at radius 1 is 1.14 bits per heavy atom. The van der Waals surface area contributed by atoms with E-state index in [0.29, 0.717) is 44.8 Å². The van der Waals surface area contributed by atoms with Gasteiger partial charge in [-0.3, -0.25) is 14.5 Å². The van der Waals surface area contributed by atoms with E-state index in [2.05, 4.69) is 29.6 Å². The fourth-order valence-corrected chi connectivity index (χ4v) is 5.18. The van der Waals surface area contributed by atoms with E-state index in [-0.39, 0.29) is 24.4 Å². The summed E-state index contributed by atoms with van der Waals surface area (Å²) >= 11 is 1.55. The molecule has 42 heavy (non-hydrogen) atoms. The molecule has 0 bridgehead atoms. The molecule has 2 atom stereocenters. The first-order valence-electron chi connectivity index (χ1n) is 13.4. The Bertz CT molecular complexity index is 1210. The minimum atomic E-state index is -5.08. The second-order valence-corrected chi connectivity index (χ2v) is 10.8. The normalized spacial score (nSPS) is 15.7. The van der Waals surface area contributed by atoms with Crippen molar-refractivity contribution in [3.63, 3.8) is 0 Å². The Kier molecular flexibility index (Phi) is 14.0. The van der Waals surface area contributed by atoms with Crippen molar-refractivity contribution in [1.82, 2.24) is 15.1 Å². The molecule has 1 heterocycles. The molecule has 0 aromatic heterocycles. The number of thioether (sulfide) groups is 1. The fraction of sp³-hybridized carbons (Fsp3) is 0.500. The summed E-state index contributed by atoms with van der Waals surface area (Å²) in [6.07, 6.45) is -0.696. The van der Waals surface area contributed by atoms with Crippen LogP contribution in [0.4, 0.5) is 13.2 Å². The molecule has 0 radical (unpaired) electrons. The predicted octanol–water partition coefficient (Wildman–Crippen LogP) is 2.94. The van der Waals surface area contributed by atoms with Gasteiger partial charge < -0.3 is 26.2 Å². The Labute approximate surface area is 246 Å². The summed E-state index contributed by atoms with van der Waals surface area (Å²) in [5, 5.41) is 21.6. The zero-order valence-corrected chi connectivity index (χ0v) is 24.1. The van der Waals surface area contributed by atoms with Crippen LogP contribution < -0.4 is 11.1 Å². The maximum atomic E-state index is 13.0. The van der Waals surface area contributed by atoms with Crippen molar-refractivity contribution in [2.75, 3.05) is 38.2 Å². The molecule has 0 aliphatic carbocycles. The van der Waals surface area contributed by atoms with Crippen LogP contribution >= 0.6 is 11.8 Å². The number of nitrogens with two attached hydrogens (primary N) is 1. The Balaban J connectivity index is 0.000000782. The third-order valence-electron chi connectivity index (χ3n) is 6.65. The van der Waals surface area contributed by atoms with Gasteiger partial charge in [-0.2, -0.15) is 24.9 Å². The van der Waals surface area contributed by atoms with Crippen LogP contribution in [0.3, 0.4) is 0 Å². The maximum absolute atomic E-state index is 13.0. The number of alkyl halides is 3. The van der Waals surface area contributed by atoms with Gasteiger partial charge in [-0.1, -0.05) is 42.5 Å². The van der Waals surface area contributed by atoms with E-state index >= 15 is 0 Å². The quantitative estimate of drug-likeness (QED) is 0.267. The minimum absolute atomic E-state index is 0.00332. The van der Waals surface area contributed by atoms with Crippen LogP contribution in [0, 0.1) is 0 Å². The lowest BCUT2D eigenvalue weighted by Crippen LogP contribution is -2.49. The minimum Gasteiger partial charge on any atom is -0.480 e. The lowest BCUT2D eigenvalue weighted by molar-refractivity contribution is -0.192. The number of carboxylic acid groups (broad SMARTS) is 2. The number of benzene rings is 2. The van der Waals surface area contributed by atoms with E-state index in [1.807, 2.05) is 34.3 Å². The number of likely N-dealkylation sites (tertiary alicyclic amines) is 1. The summed E-state index contributed by atoms with van der Waals surface area (Å²) in [4.78, 5) is 50.0. The van der Waals surface area contributed by atoms with Gasteiger partial charge in [0.15, 0.2) is 0 Å². The molecule has 5 N–H and O–H groups in total. The molecule has 2 aromatic carbocycles. The lowest BCUT2D eigenvalue weighted by atomic mass is 10.0. The van der Waals surface area contributed by atoms with Crippen LogP contribution in [0.2, 0.25) is 0 Å². The third kappa shape index (κ3) is 11.1. The van der Waals surface area contributed by atoms with Crippen molar-refractivity contribution >= 4 is 46.3 Å². The van der Waals surface area contributed by atoms with Gasteiger partial charge in [0.1, 0.15) is 6.04 Å². The highest BCUT2D eigenvalue weighted by atomic mass is 32.2. The van der Waals surface area contributed by atoms with E-state index in [4.69, 9.17) is 15.6 Å². The number of nitrogens with one attached hydrogen (secondary N) is 1. The van der Waals surface area contributed by atoms with Gasteiger partial charge in [0.05, 0.1) is 6.54 Å². The molecule has 0 unspecified atom stereocenters. The summed E-state index contributed by atoms with van der Waals surface area (Å²) < 4.78 is 31.7. The second-order valence-electron chi connectivity index (χ2n) is 9.77. The van der Waals surface area contributed by atoms with Gasteiger partial charge in [-0.15, -0.1) is 0 Å². The standard InChI is InChI=1S/C26H36N4O4S.C2HF3O2/c1-35-15-12-23(26(33)34)28-24(31)18-29(17-21-9-5-14-30(21)25(32)11-13-27)16-20-8-4-7-19-6-2-3-10-22(19)20;3-2(4,5)1(6)7/h2-4,6-8,10,21,23H,5,9,11-18,27H2,1H3,(H,28,31)(H,33,34);(H,6,7)/t21-,23-;/m0./s1. The predicted molar refractivity (Wildman–Crippen MR) is 154 cm³/mol. The Morgan fingerprint density at radius 2 is 1.81 bits per heavy atom. The number of carboxylic acids is 2. The number of carbonyl (C=O) groups is 4. The van der Waals surface area contributed by atoms with Crippen molar-refractivity contribution in [3.05, 3.63) is 48.0 Å². The molecule has 1 saturated heterocycles. The molecule has 3 rings (SSSR count). The summed E-state index contributed by atoms with van der Waals surface area (Å²) in [5.41, 5.74) is 6.70. The smallest absolute Gasteiger partial charge is 0.480 e. The number of halogens is 3. The van der Waals surface area contributed by atoms with Gasteiger partial charge in [-0.05, 0) is 47.6 Å². The molecule has 2 amide bonds. The van der Waals surface area contributed by atoms with E-state index in [9.17, 15) is 32.7 Å². The summed E-state index contributed by atoms with van der Waals surface area (Å²) in [6.45, 7) is 2.13. The van der Waals surface area contributed by atoms with Crippen LogP contribution in [0.15, 0.2) is 42.5 Å². The molecule has 14 heteroatoms. The van der Waals surface area contributed by atoms with Crippen LogP contribution in [0.1, 0.15) is 31.2 Å². The highest BCUT2D eigenvalue weighted by Gasteiger charge is 2.38. The highest BCUT2D eigenvalue weighted by molar-refractivity contribution is 7.98. The maximum Gasteiger partial charge on any atom is 0.490 e. The molecule has 10 nitrogen and oxygen atoms in total. The molecule has 1 aliphatic heterocycles. The lowest BCUT2D eigenvalue weighted by Gasteiger charge is -2.31. The van der Waals surface area contributed by atoms with Crippen molar-refractivity contribution in [3.8, 4) is 0 Å². The number of rotatable bonds is 13. The van der Waals surface area contributed by atoms with Gasteiger partial charge in [0.25, 0.3) is 0 Å². The van der Waals surface area contributed by atoms with Crippen molar-refractivity contribution in [2.24, 2.45) is 5.73 Å².